The number of hydrogen-bond acceptors (Lipinski definition) is 5. The van der Waals surface area contributed by atoms with Crippen LogP contribution in [0.5, 0.6) is 17.2 Å². The molecule has 0 N–H and O–H groups in total. The van der Waals surface area contributed by atoms with Crippen LogP contribution in [0.4, 0.5) is 0 Å². The Bertz CT molecular complexity index is 1430. The molecule has 6 nitrogen and oxygen atoms in total. The van der Waals surface area contributed by atoms with Crippen molar-refractivity contribution in [2.24, 2.45) is 7.05 Å². The Labute approximate surface area is 204 Å². The first-order valence-electron chi connectivity index (χ1n) is 11.3. The number of carbonyl (C=O) groups is 2. The van der Waals surface area contributed by atoms with Crippen molar-refractivity contribution >= 4 is 28.7 Å². The molecule has 0 fully saturated rings. The molecular formula is C29H27NO5. The highest BCUT2D eigenvalue weighted by molar-refractivity contribution is 6.07. The third kappa shape index (κ3) is 4.96. The molecule has 6 heteroatoms. The van der Waals surface area contributed by atoms with Gasteiger partial charge in [-0.3, -0.25) is 4.79 Å². The van der Waals surface area contributed by atoms with E-state index in [0.29, 0.717) is 35.0 Å². The van der Waals surface area contributed by atoms with E-state index < -0.39 is 0 Å². The van der Waals surface area contributed by atoms with E-state index in [9.17, 15) is 9.59 Å². The number of methoxy groups -OCH3 is 1. The number of ether oxygens (including phenoxy) is 3. The van der Waals surface area contributed by atoms with Gasteiger partial charge in [0.15, 0.2) is 5.78 Å². The highest BCUT2D eigenvalue weighted by atomic mass is 16.5. The van der Waals surface area contributed by atoms with Crippen LogP contribution in [0, 0.1) is 6.92 Å². The number of nitrogens with zero attached hydrogens (tertiary/aromatic N) is 1. The van der Waals surface area contributed by atoms with Gasteiger partial charge in [0.05, 0.1) is 19.3 Å². The van der Waals surface area contributed by atoms with Crippen LogP contribution in [0.25, 0.3) is 17.0 Å². The SMILES string of the molecule is CCOC(=O)c1c(C)n(C)c2ccc(Oc3cccc(C(=O)C=Cc4ccccc4OC)c3)cc12. The average Bonchev–Trinajstić information content (AvgIpc) is 3.12. The maximum absolute atomic E-state index is 12.8. The van der Waals surface area contributed by atoms with Gasteiger partial charge in [-0.1, -0.05) is 30.3 Å². The summed E-state index contributed by atoms with van der Waals surface area (Å²) in [5, 5.41) is 0.757. The van der Waals surface area contributed by atoms with Crippen molar-refractivity contribution in [1.29, 1.82) is 0 Å². The molecule has 0 saturated carbocycles. The zero-order valence-electron chi connectivity index (χ0n) is 20.2. The third-order valence-corrected chi connectivity index (χ3v) is 5.85. The zero-order valence-corrected chi connectivity index (χ0v) is 20.2. The van der Waals surface area contributed by atoms with Crippen LogP contribution in [-0.2, 0) is 11.8 Å². The van der Waals surface area contributed by atoms with Crippen LogP contribution in [0.2, 0.25) is 0 Å². The molecule has 3 aromatic carbocycles. The van der Waals surface area contributed by atoms with E-state index in [0.717, 1.165) is 22.2 Å². The summed E-state index contributed by atoms with van der Waals surface area (Å²) in [5.41, 5.74) is 3.57. The minimum absolute atomic E-state index is 0.153. The summed E-state index contributed by atoms with van der Waals surface area (Å²) >= 11 is 0. The lowest BCUT2D eigenvalue weighted by molar-refractivity contribution is 0.0527. The molecule has 178 valence electrons. The fourth-order valence-electron chi connectivity index (χ4n) is 3.99. The van der Waals surface area contributed by atoms with E-state index in [1.54, 1.807) is 44.4 Å². The molecule has 0 saturated heterocycles. The van der Waals surface area contributed by atoms with Crippen LogP contribution in [0.1, 0.15) is 38.9 Å². The summed E-state index contributed by atoms with van der Waals surface area (Å²) in [6.45, 7) is 3.98. The van der Waals surface area contributed by atoms with Crippen molar-refractivity contribution in [3.05, 3.63) is 95.2 Å². The van der Waals surface area contributed by atoms with Gasteiger partial charge in [0, 0.05) is 34.8 Å². The quantitative estimate of drug-likeness (QED) is 0.171. The number of rotatable bonds is 8. The number of ketones is 1. The lowest BCUT2D eigenvalue weighted by Gasteiger charge is -2.08. The van der Waals surface area contributed by atoms with Gasteiger partial charge in [-0.25, -0.2) is 4.79 Å². The van der Waals surface area contributed by atoms with Gasteiger partial charge in [0.2, 0.25) is 0 Å². The van der Waals surface area contributed by atoms with E-state index in [2.05, 4.69) is 0 Å². The molecule has 0 bridgehead atoms. The van der Waals surface area contributed by atoms with E-state index in [-0.39, 0.29) is 11.8 Å². The second kappa shape index (κ2) is 10.3. The van der Waals surface area contributed by atoms with E-state index in [1.165, 1.54) is 6.08 Å². The lowest BCUT2D eigenvalue weighted by Crippen LogP contribution is -2.06. The summed E-state index contributed by atoms with van der Waals surface area (Å²) < 4.78 is 18.6. The van der Waals surface area contributed by atoms with Crippen molar-refractivity contribution in [1.82, 2.24) is 4.57 Å². The Hall–Kier alpha value is -4.32. The Balaban J connectivity index is 1.59. The van der Waals surface area contributed by atoms with Gasteiger partial charge < -0.3 is 18.8 Å². The number of aryl methyl sites for hydroxylation is 1. The molecule has 0 atom stereocenters. The maximum Gasteiger partial charge on any atom is 0.340 e. The Morgan fingerprint density at radius 2 is 1.74 bits per heavy atom. The van der Waals surface area contributed by atoms with Crippen molar-refractivity contribution < 1.29 is 23.8 Å². The molecular weight excluding hydrogens is 442 g/mol. The predicted octanol–water partition coefficient (Wildman–Crippen LogP) is 6.36. The van der Waals surface area contributed by atoms with Crippen LogP contribution in [-0.4, -0.2) is 30.0 Å². The number of benzene rings is 3. The number of para-hydroxylation sites is 1. The van der Waals surface area contributed by atoms with Crippen LogP contribution >= 0.6 is 0 Å². The number of allylic oxidation sites excluding steroid dienone is 1. The van der Waals surface area contributed by atoms with E-state index in [4.69, 9.17) is 14.2 Å². The van der Waals surface area contributed by atoms with Gasteiger partial charge in [0.25, 0.3) is 0 Å². The Morgan fingerprint density at radius 3 is 2.51 bits per heavy atom. The zero-order chi connectivity index (χ0) is 24.9. The summed E-state index contributed by atoms with van der Waals surface area (Å²) in [7, 11) is 3.51. The molecule has 4 aromatic rings. The summed E-state index contributed by atoms with van der Waals surface area (Å²) in [6.07, 6.45) is 3.25. The number of carbonyl (C=O) groups excluding carboxylic acids is 2. The monoisotopic (exact) mass is 469 g/mol. The fraction of sp³-hybridized carbons (Fsp3) is 0.172. The molecule has 35 heavy (non-hydrogen) atoms. The Kier molecular flexibility index (Phi) is 7.01. The molecule has 0 aliphatic rings. The molecule has 0 radical (unpaired) electrons. The van der Waals surface area contributed by atoms with Crippen LogP contribution in [0.15, 0.2) is 72.8 Å². The van der Waals surface area contributed by atoms with Crippen molar-refractivity contribution in [2.45, 2.75) is 13.8 Å². The van der Waals surface area contributed by atoms with Gasteiger partial charge in [-0.05, 0) is 62.4 Å². The van der Waals surface area contributed by atoms with Crippen LogP contribution in [0.3, 0.4) is 0 Å². The average molecular weight is 470 g/mol. The number of aromatic nitrogens is 1. The van der Waals surface area contributed by atoms with Crippen molar-refractivity contribution in [3.63, 3.8) is 0 Å². The minimum Gasteiger partial charge on any atom is -0.496 e. The van der Waals surface area contributed by atoms with Crippen molar-refractivity contribution in [3.8, 4) is 17.2 Å². The van der Waals surface area contributed by atoms with E-state index >= 15 is 0 Å². The smallest absolute Gasteiger partial charge is 0.340 e. The molecule has 0 aliphatic carbocycles. The lowest BCUT2D eigenvalue weighted by atomic mass is 10.1. The first kappa shape index (κ1) is 23.8. The molecule has 0 aliphatic heterocycles. The highest BCUT2D eigenvalue weighted by Crippen LogP contribution is 2.31. The van der Waals surface area contributed by atoms with E-state index in [1.807, 2.05) is 61.0 Å². The molecule has 1 heterocycles. The van der Waals surface area contributed by atoms with Gasteiger partial charge in [-0.15, -0.1) is 0 Å². The second-order valence-electron chi connectivity index (χ2n) is 7.99. The molecule has 4 rings (SSSR count). The second-order valence-corrected chi connectivity index (χ2v) is 7.99. The molecule has 0 unspecified atom stereocenters. The summed E-state index contributed by atoms with van der Waals surface area (Å²) in [5.74, 6) is 1.26. The first-order valence-corrected chi connectivity index (χ1v) is 11.3. The minimum atomic E-state index is -0.359. The maximum atomic E-state index is 12.8. The van der Waals surface area contributed by atoms with Crippen LogP contribution < -0.4 is 9.47 Å². The summed E-state index contributed by atoms with van der Waals surface area (Å²) in [4.78, 5) is 25.3. The predicted molar refractivity (Wildman–Crippen MR) is 136 cm³/mol. The first-order chi connectivity index (χ1) is 16.9. The standard InChI is InChI=1S/C29H27NO5/c1-5-34-29(32)28-19(2)30(3)25-15-14-23(18-24(25)28)35-22-11-8-10-21(17-22)26(31)16-13-20-9-6-7-12-27(20)33-4/h6-18H,5H2,1-4H3. The topological polar surface area (TPSA) is 66.8 Å². The van der Waals surface area contributed by atoms with Crippen molar-refractivity contribution in [2.75, 3.05) is 13.7 Å². The molecule has 1 aromatic heterocycles. The Morgan fingerprint density at radius 1 is 0.971 bits per heavy atom. The summed E-state index contributed by atoms with van der Waals surface area (Å²) in [6, 6.07) is 20.1. The molecule has 0 amide bonds. The fourth-order valence-corrected chi connectivity index (χ4v) is 3.99. The third-order valence-electron chi connectivity index (χ3n) is 5.85. The number of esters is 1. The number of fused-ring (bicyclic) bond motifs is 1. The largest absolute Gasteiger partial charge is 0.496 e. The highest BCUT2D eigenvalue weighted by Gasteiger charge is 2.20. The van der Waals surface area contributed by atoms with Gasteiger partial charge in [0.1, 0.15) is 17.2 Å². The molecule has 0 spiro atoms. The normalized spacial score (nSPS) is 11.1. The number of hydrogen-bond donors (Lipinski definition) is 0. The van der Waals surface area contributed by atoms with Gasteiger partial charge in [-0.2, -0.15) is 0 Å². The van der Waals surface area contributed by atoms with Gasteiger partial charge >= 0.3 is 5.97 Å².